The molecule has 0 bridgehead atoms. The third-order valence-electron chi connectivity index (χ3n) is 5.91. The summed E-state index contributed by atoms with van der Waals surface area (Å²) in [6, 6.07) is 12.9. The molecule has 1 saturated heterocycles. The Morgan fingerprint density at radius 1 is 1.03 bits per heavy atom. The van der Waals surface area contributed by atoms with Crippen molar-refractivity contribution in [2.45, 2.75) is 66.7 Å². The fourth-order valence-electron chi connectivity index (χ4n) is 4.12. The molecule has 2 aromatic carbocycles. The van der Waals surface area contributed by atoms with Crippen molar-refractivity contribution in [3.8, 4) is 0 Å². The Kier molecular flexibility index (Phi) is 14.5. The molecular formula is C32H49N3O. The Labute approximate surface area is 220 Å². The minimum atomic E-state index is 0.515. The Morgan fingerprint density at radius 3 is 2.25 bits per heavy atom. The zero-order valence-corrected chi connectivity index (χ0v) is 23.6. The van der Waals surface area contributed by atoms with Crippen molar-refractivity contribution >= 4 is 27.6 Å². The number of hydrogen-bond acceptors (Lipinski definition) is 4. The lowest BCUT2D eigenvalue weighted by molar-refractivity contribution is 0.297. The van der Waals surface area contributed by atoms with E-state index in [2.05, 4.69) is 81.8 Å². The quantitative estimate of drug-likeness (QED) is 0.204. The van der Waals surface area contributed by atoms with Crippen LogP contribution in [0.5, 0.6) is 0 Å². The molecular weight excluding hydrogens is 442 g/mol. The zero-order chi connectivity index (χ0) is 27.1. The van der Waals surface area contributed by atoms with Crippen molar-refractivity contribution in [1.29, 1.82) is 0 Å². The number of hydrazine groups is 1. The monoisotopic (exact) mass is 491 g/mol. The first-order valence-electron chi connectivity index (χ1n) is 13.5. The molecule has 4 heteroatoms. The van der Waals surface area contributed by atoms with Crippen LogP contribution in [0, 0.1) is 5.92 Å². The van der Waals surface area contributed by atoms with Gasteiger partial charge in [-0.3, -0.25) is 5.84 Å². The van der Waals surface area contributed by atoms with E-state index in [0.717, 1.165) is 61.3 Å². The fourth-order valence-corrected chi connectivity index (χ4v) is 4.12. The maximum atomic E-state index is 6.09. The number of nitrogens with zero attached hydrogens (tertiary/aromatic N) is 2. The first-order valence-corrected chi connectivity index (χ1v) is 13.5. The first-order chi connectivity index (χ1) is 17.4. The van der Waals surface area contributed by atoms with Crippen molar-refractivity contribution in [1.82, 2.24) is 5.01 Å². The second-order valence-corrected chi connectivity index (χ2v) is 8.93. The van der Waals surface area contributed by atoms with Gasteiger partial charge in [-0.25, -0.2) is 5.01 Å². The summed E-state index contributed by atoms with van der Waals surface area (Å²) in [5, 5.41) is 4.13. The van der Waals surface area contributed by atoms with E-state index >= 15 is 0 Å². The van der Waals surface area contributed by atoms with Gasteiger partial charge in [-0.2, -0.15) is 0 Å². The average molecular weight is 492 g/mol. The van der Waals surface area contributed by atoms with E-state index in [4.69, 9.17) is 10.3 Å². The van der Waals surface area contributed by atoms with Gasteiger partial charge in [-0.1, -0.05) is 65.8 Å². The van der Waals surface area contributed by atoms with Crippen LogP contribution in [-0.4, -0.2) is 25.1 Å². The minimum Gasteiger partial charge on any atom is -0.456 e. The molecule has 0 unspecified atom stereocenters. The van der Waals surface area contributed by atoms with Crippen LogP contribution in [0.15, 0.2) is 78.4 Å². The topological polar surface area (TPSA) is 45.6 Å². The summed E-state index contributed by atoms with van der Waals surface area (Å²) in [5.41, 5.74) is 5.52. The normalized spacial score (nSPS) is 14.5. The molecule has 0 amide bonds. The van der Waals surface area contributed by atoms with Gasteiger partial charge in [0.05, 0.1) is 0 Å². The van der Waals surface area contributed by atoms with E-state index in [0.29, 0.717) is 5.92 Å². The summed E-state index contributed by atoms with van der Waals surface area (Å²) in [6.07, 6.45) is 9.29. The molecule has 1 aromatic heterocycles. The average Bonchev–Trinajstić information content (AvgIpc) is 3.44. The van der Waals surface area contributed by atoms with Crippen molar-refractivity contribution < 1.29 is 4.42 Å². The van der Waals surface area contributed by atoms with Gasteiger partial charge in [0, 0.05) is 48.4 Å². The summed E-state index contributed by atoms with van der Waals surface area (Å²) in [5.74, 6) is 6.33. The van der Waals surface area contributed by atoms with Crippen LogP contribution in [-0.2, 0) is 6.42 Å². The SMILES string of the molecule is C=C1C[C@@H](CN(C)N)CN1c1ccc2c(c1)oc1ccc(CC)cc12.C=CCC.C=CCCC.CC. The molecule has 2 heterocycles. The molecule has 36 heavy (non-hydrogen) atoms. The number of fused-ring (bicyclic) bond motifs is 3. The lowest BCUT2D eigenvalue weighted by Crippen LogP contribution is -2.33. The van der Waals surface area contributed by atoms with Gasteiger partial charge < -0.3 is 9.32 Å². The van der Waals surface area contributed by atoms with Gasteiger partial charge in [-0.05, 0) is 61.4 Å². The van der Waals surface area contributed by atoms with Crippen LogP contribution in [0.4, 0.5) is 5.69 Å². The van der Waals surface area contributed by atoms with Crippen molar-refractivity contribution in [2.24, 2.45) is 11.8 Å². The van der Waals surface area contributed by atoms with Crippen molar-refractivity contribution in [2.75, 3.05) is 25.0 Å². The maximum absolute atomic E-state index is 6.09. The number of rotatable bonds is 7. The smallest absolute Gasteiger partial charge is 0.137 e. The van der Waals surface area contributed by atoms with E-state index in [1.165, 1.54) is 22.8 Å². The minimum absolute atomic E-state index is 0.515. The number of benzene rings is 2. The standard InChI is InChI=1S/C21H25N3O.C5H10.C4H8.C2H6/c1-4-15-5-8-20-19(10-15)18-7-6-17(11-21(18)25-20)24-13-16(9-14(24)2)12-23(3)22;1-3-5-4-2;1-3-4-2;1-2/h5-8,10-11,16H,2,4,9,12-13,22H2,1,3H3;3H,1,4-5H2,2H3;3H,1,4H2,2H3;1-2H3/t16-;;;/m0.../s1. The lowest BCUT2D eigenvalue weighted by Gasteiger charge is -2.20. The first kappa shape index (κ1) is 31.2. The Hall–Kier alpha value is -2.82. The van der Waals surface area contributed by atoms with Crippen LogP contribution in [0.1, 0.15) is 65.9 Å². The third-order valence-corrected chi connectivity index (χ3v) is 5.91. The second kappa shape index (κ2) is 16.8. The molecule has 0 spiro atoms. The maximum Gasteiger partial charge on any atom is 0.137 e. The highest BCUT2D eigenvalue weighted by Gasteiger charge is 2.27. The van der Waals surface area contributed by atoms with Crippen LogP contribution >= 0.6 is 0 Å². The van der Waals surface area contributed by atoms with E-state index in [9.17, 15) is 0 Å². The summed E-state index contributed by atoms with van der Waals surface area (Å²) >= 11 is 0. The molecule has 0 aliphatic carbocycles. The van der Waals surface area contributed by atoms with E-state index in [1.807, 2.05) is 33.0 Å². The van der Waals surface area contributed by atoms with Gasteiger partial charge in [-0.15, -0.1) is 13.2 Å². The van der Waals surface area contributed by atoms with Crippen molar-refractivity contribution in [3.05, 3.63) is 79.5 Å². The molecule has 1 aliphatic rings. The second-order valence-electron chi connectivity index (χ2n) is 8.93. The predicted molar refractivity (Wildman–Crippen MR) is 161 cm³/mol. The highest BCUT2D eigenvalue weighted by molar-refractivity contribution is 6.06. The molecule has 2 N–H and O–H groups in total. The number of aryl methyl sites for hydroxylation is 1. The van der Waals surface area contributed by atoms with Crippen LogP contribution in [0.3, 0.4) is 0 Å². The number of hydrogen-bond donors (Lipinski definition) is 1. The van der Waals surface area contributed by atoms with Crippen LogP contribution in [0.2, 0.25) is 0 Å². The van der Waals surface area contributed by atoms with Gasteiger partial charge >= 0.3 is 0 Å². The highest BCUT2D eigenvalue weighted by atomic mass is 16.3. The van der Waals surface area contributed by atoms with E-state index in [1.54, 1.807) is 5.01 Å². The molecule has 0 radical (unpaired) electrons. The number of anilines is 1. The number of allylic oxidation sites excluding steroid dienone is 3. The number of nitrogens with two attached hydrogens (primary N) is 1. The molecule has 0 saturated carbocycles. The Morgan fingerprint density at radius 2 is 1.72 bits per heavy atom. The summed E-state index contributed by atoms with van der Waals surface area (Å²) in [6.45, 7) is 23.5. The summed E-state index contributed by atoms with van der Waals surface area (Å²) in [4.78, 5) is 2.29. The molecule has 1 atom stereocenters. The van der Waals surface area contributed by atoms with Crippen LogP contribution < -0.4 is 10.7 Å². The molecule has 4 nitrogen and oxygen atoms in total. The van der Waals surface area contributed by atoms with Gasteiger partial charge in [0.15, 0.2) is 0 Å². The van der Waals surface area contributed by atoms with Gasteiger partial charge in [0.25, 0.3) is 0 Å². The fraction of sp³-hybridized carbons (Fsp3) is 0.438. The zero-order valence-electron chi connectivity index (χ0n) is 23.6. The molecule has 1 fully saturated rings. The number of furan rings is 1. The molecule has 1 aliphatic heterocycles. The highest BCUT2D eigenvalue weighted by Crippen LogP contribution is 2.36. The summed E-state index contributed by atoms with van der Waals surface area (Å²) < 4.78 is 6.09. The van der Waals surface area contributed by atoms with Gasteiger partial charge in [0.1, 0.15) is 11.2 Å². The Bertz CT molecular complexity index is 1080. The Balaban J connectivity index is 0.000000504. The van der Waals surface area contributed by atoms with E-state index < -0.39 is 0 Å². The van der Waals surface area contributed by atoms with Crippen molar-refractivity contribution in [3.63, 3.8) is 0 Å². The lowest BCUT2D eigenvalue weighted by atomic mass is 10.1. The number of unbranched alkanes of at least 4 members (excludes halogenated alkanes) is 1. The molecule has 3 aromatic rings. The summed E-state index contributed by atoms with van der Waals surface area (Å²) in [7, 11) is 1.91. The van der Waals surface area contributed by atoms with Crippen LogP contribution in [0.25, 0.3) is 21.9 Å². The van der Waals surface area contributed by atoms with E-state index in [-0.39, 0.29) is 0 Å². The molecule has 4 rings (SSSR count). The third kappa shape index (κ3) is 9.00. The molecule has 198 valence electrons. The largest absolute Gasteiger partial charge is 0.456 e. The predicted octanol–water partition coefficient (Wildman–Crippen LogP) is 8.88. The van der Waals surface area contributed by atoms with Gasteiger partial charge in [0.2, 0.25) is 0 Å².